The monoisotopic (exact) mass is 688 g/mol. The van der Waals surface area contributed by atoms with Crippen LogP contribution in [0.15, 0.2) is 66.1 Å². The van der Waals surface area contributed by atoms with Crippen LogP contribution in [0.1, 0.15) is 46.7 Å². The number of aliphatic hydroxyl groups is 1. The summed E-state index contributed by atoms with van der Waals surface area (Å²) in [7, 11) is 0. The number of hydrogen-bond donors (Lipinski definition) is 2. The van der Waals surface area contributed by atoms with Gasteiger partial charge in [0.1, 0.15) is 30.0 Å². The molecule has 0 saturated carbocycles. The van der Waals surface area contributed by atoms with Gasteiger partial charge in [0.15, 0.2) is 11.5 Å². The summed E-state index contributed by atoms with van der Waals surface area (Å²) >= 11 is 0. The predicted molar refractivity (Wildman–Crippen MR) is 192 cm³/mol. The van der Waals surface area contributed by atoms with Crippen LogP contribution in [0, 0.1) is 0 Å². The van der Waals surface area contributed by atoms with Crippen molar-refractivity contribution in [3.05, 3.63) is 77.4 Å². The van der Waals surface area contributed by atoms with Crippen molar-refractivity contribution < 1.29 is 24.1 Å². The van der Waals surface area contributed by atoms with E-state index in [2.05, 4.69) is 43.8 Å². The molecule has 5 rings (SSSR count). The second-order valence-corrected chi connectivity index (χ2v) is 13.7. The van der Waals surface area contributed by atoms with Crippen LogP contribution in [0.25, 0.3) is 16.9 Å². The fourth-order valence-corrected chi connectivity index (χ4v) is 5.61. The molecule has 1 aliphatic heterocycles. The van der Waals surface area contributed by atoms with Gasteiger partial charge in [-0.05, 0) is 77.4 Å². The third-order valence-electron chi connectivity index (χ3n) is 7.99. The maximum Gasteiger partial charge on any atom is 0.332 e. The number of anilines is 3. The molecule has 0 aliphatic carbocycles. The molecule has 4 heterocycles. The van der Waals surface area contributed by atoms with E-state index in [1.165, 1.54) is 10.9 Å². The Morgan fingerprint density at radius 2 is 1.76 bits per heavy atom. The molecule has 50 heavy (non-hydrogen) atoms. The van der Waals surface area contributed by atoms with Crippen molar-refractivity contribution in [1.29, 1.82) is 0 Å². The van der Waals surface area contributed by atoms with Gasteiger partial charge >= 0.3 is 5.97 Å². The Hall–Kier alpha value is -4.63. The zero-order chi connectivity index (χ0) is 35.9. The van der Waals surface area contributed by atoms with Gasteiger partial charge < -0.3 is 29.5 Å². The fraction of sp³-hybridized carbons (Fsp3) is 0.472. The Bertz CT molecular complexity index is 1820. The minimum Gasteiger partial charge on any atom is -0.458 e. The lowest BCUT2D eigenvalue weighted by atomic mass is 10.1. The lowest BCUT2D eigenvalue weighted by Gasteiger charge is -2.36. The Kier molecular flexibility index (Phi) is 11.7. The normalized spacial score (nSPS) is 14.2. The Morgan fingerprint density at radius 3 is 2.44 bits per heavy atom. The zero-order valence-corrected chi connectivity index (χ0v) is 29.6. The summed E-state index contributed by atoms with van der Waals surface area (Å²) in [6.45, 7) is 18.0. The molecule has 3 aromatic heterocycles. The minimum absolute atomic E-state index is 0.0683. The average molecular weight is 689 g/mol. The zero-order valence-electron chi connectivity index (χ0n) is 29.6. The van der Waals surface area contributed by atoms with Gasteiger partial charge in [-0.25, -0.2) is 24.1 Å². The van der Waals surface area contributed by atoms with Crippen molar-refractivity contribution in [2.24, 2.45) is 0 Å². The number of fused-ring (bicyclic) bond motifs is 1. The highest BCUT2D eigenvalue weighted by Gasteiger charge is 2.22. The highest BCUT2D eigenvalue weighted by molar-refractivity contribution is 5.77. The van der Waals surface area contributed by atoms with Gasteiger partial charge in [0.05, 0.1) is 18.8 Å². The molecule has 268 valence electrons. The molecule has 1 aliphatic rings. The molecular formula is C36H48N8O6. The molecule has 14 heteroatoms. The lowest BCUT2D eigenvalue weighted by molar-refractivity contribution is -0.165. The standard InChI is InChI=1S/C36H48N8O6/c1-7-16-43-33(46)28-23-37-34(40-32(28)44(43)30-11-8-10-29(39-30)36(5,6)47)38-26-12-14-27(15-13-26)42-20-18-41(19-21-42)17-9-22-48-25-49-24-31(45)50-35(2,3)4/h7-8,10-15,23,47H,1,9,16-22,24-25H2,2-6H3,(H,37,38,40). The van der Waals surface area contributed by atoms with Gasteiger partial charge in [0.2, 0.25) is 5.95 Å². The van der Waals surface area contributed by atoms with E-state index in [1.54, 1.807) is 42.8 Å². The summed E-state index contributed by atoms with van der Waals surface area (Å²) in [5, 5.41) is 14.2. The van der Waals surface area contributed by atoms with Gasteiger partial charge in [0, 0.05) is 50.3 Å². The lowest BCUT2D eigenvalue weighted by Crippen LogP contribution is -2.46. The molecule has 0 amide bonds. The van der Waals surface area contributed by atoms with Crippen LogP contribution in [0.3, 0.4) is 0 Å². The summed E-state index contributed by atoms with van der Waals surface area (Å²) < 4.78 is 19.1. The van der Waals surface area contributed by atoms with Crippen LogP contribution < -0.4 is 15.8 Å². The molecular weight excluding hydrogens is 640 g/mol. The summed E-state index contributed by atoms with van der Waals surface area (Å²) in [5.41, 5.74) is 0.843. The van der Waals surface area contributed by atoms with Crippen LogP contribution in [-0.4, -0.2) is 98.6 Å². The molecule has 0 unspecified atom stereocenters. The molecule has 1 aromatic carbocycles. The molecule has 0 radical (unpaired) electrons. The topological polar surface area (TPSA) is 149 Å². The second kappa shape index (κ2) is 15.9. The number of piperazine rings is 1. The number of ether oxygens (including phenoxy) is 3. The fourth-order valence-electron chi connectivity index (χ4n) is 5.61. The summed E-state index contributed by atoms with van der Waals surface area (Å²) in [6.07, 6.45) is 4.03. The minimum atomic E-state index is -1.16. The van der Waals surface area contributed by atoms with Crippen LogP contribution >= 0.6 is 0 Å². The van der Waals surface area contributed by atoms with E-state index in [9.17, 15) is 14.7 Å². The van der Waals surface area contributed by atoms with Gasteiger partial charge in [0.25, 0.3) is 5.56 Å². The number of nitrogens with zero attached hydrogens (tertiary/aromatic N) is 7. The first-order valence-corrected chi connectivity index (χ1v) is 16.8. The van der Waals surface area contributed by atoms with E-state index in [-0.39, 0.29) is 25.5 Å². The SMILES string of the molecule is C=CCn1c(=O)c2cnc(Nc3ccc(N4CCN(CCCOCOCC(=O)OC(C)(C)C)CC4)cc3)nc2n1-c1cccc(C(C)(C)O)n1. The van der Waals surface area contributed by atoms with E-state index in [0.29, 0.717) is 35.1 Å². The van der Waals surface area contributed by atoms with E-state index < -0.39 is 17.2 Å². The summed E-state index contributed by atoms with van der Waals surface area (Å²) in [5.74, 6) is 0.383. The van der Waals surface area contributed by atoms with E-state index >= 15 is 0 Å². The van der Waals surface area contributed by atoms with Crippen molar-refractivity contribution in [2.45, 2.75) is 58.8 Å². The summed E-state index contributed by atoms with van der Waals surface area (Å²) in [6, 6.07) is 13.4. The van der Waals surface area contributed by atoms with Crippen molar-refractivity contribution in [3.8, 4) is 5.82 Å². The van der Waals surface area contributed by atoms with Crippen LogP contribution in [0.5, 0.6) is 0 Å². The Labute approximate surface area is 292 Å². The number of hydrogen-bond acceptors (Lipinski definition) is 12. The van der Waals surface area contributed by atoms with Gasteiger partial charge in [-0.2, -0.15) is 4.98 Å². The first-order chi connectivity index (χ1) is 23.8. The molecule has 4 aromatic rings. The largest absolute Gasteiger partial charge is 0.458 e. The van der Waals surface area contributed by atoms with Gasteiger partial charge in [-0.3, -0.25) is 9.69 Å². The first-order valence-electron chi connectivity index (χ1n) is 16.8. The molecule has 2 N–H and O–H groups in total. The molecule has 0 bridgehead atoms. The predicted octanol–water partition coefficient (Wildman–Crippen LogP) is 3.98. The number of rotatable bonds is 15. The van der Waals surface area contributed by atoms with Crippen LogP contribution in [0.2, 0.25) is 0 Å². The number of pyridine rings is 1. The Morgan fingerprint density at radius 1 is 1.02 bits per heavy atom. The van der Waals surface area contributed by atoms with Gasteiger partial charge in [-0.15, -0.1) is 6.58 Å². The first kappa shape index (κ1) is 36.6. The maximum atomic E-state index is 13.3. The number of benzene rings is 1. The molecule has 14 nitrogen and oxygen atoms in total. The number of carbonyl (C=O) groups excluding carboxylic acids is 1. The molecule has 0 spiro atoms. The van der Waals surface area contributed by atoms with E-state index in [0.717, 1.165) is 50.5 Å². The summed E-state index contributed by atoms with van der Waals surface area (Å²) in [4.78, 5) is 43.6. The number of carbonyl (C=O) groups is 1. The molecule has 0 atom stereocenters. The highest BCUT2D eigenvalue weighted by atomic mass is 16.7. The molecule has 1 fully saturated rings. The molecule has 1 saturated heterocycles. The third kappa shape index (κ3) is 9.53. The van der Waals surface area contributed by atoms with Crippen molar-refractivity contribution in [2.75, 3.05) is 62.9 Å². The van der Waals surface area contributed by atoms with Crippen molar-refractivity contribution in [3.63, 3.8) is 0 Å². The number of esters is 1. The highest BCUT2D eigenvalue weighted by Crippen LogP contribution is 2.24. The van der Waals surface area contributed by atoms with Crippen LogP contribution in [0.4, 0.5) is 17.3 Å². The van der Waals surface area contributed by atoms with Crippen molar-refractivity contribution in [1.82, 2.24) is 29.2 Å². The number of nitrogens with one attached hydrogen (secondary N) is 1. The second-order valence-electron chi connectivity index (χ2n) is 13.7. The van der Waals surface area contributed by atoms with Crippen LogP contribution in [-0.2, 0) is 31.2 Å². The maximum absolute atomic E-state index is 13.3. The quantitative estimate of drug-likeness (QED) is 0.0806. The van der Waals surface area contributed by atoms with Gasteiger partial charge in [-0.1, -0.05) is 12.1 Å². The van der Waals surface area contributed by atoms with E-state index in [4.69, 9.17) is 19.2 Å². The smallest absolute Gasteiger partial charge is 0.332 e. The third-order valence-corrected chi connectivity index (χ3v) is 7.99. The van der Waals surface area contributed by atoms with E-state index in [1.807, 2.05) is 32.9 Å². The number of aromatic nitrogens is 5. The Balaban J connectivity index is 1.14. The number of allylic oxidation sites excluding steroid dienone is 1. The van der Waals surface area contributed by atoms with Crippen molar-refractivity contribution >= 4 is 34.3 Å². The average Bonchev–Trinajstić information content (AvgIpc) is 3.34.